The zero-order valence-corrected chi connectivity index (χ0v) is 16.1. The van der Waals surface area contributed by atoms with Crippen LogP contribution in [0.25, 0.3) is 0 Å². The fraction of sp³-hybridized carbons (Fsp3) is 0.688. The Morgan fingerprint density at radius 2 is 1.61 bits per heavy atom. The van der Waals surface area contributed by atoms with Crippen LogP contribution in [-0.4, -0.2) is 70.6 Å². The van der Waals surface area contributed by atoms with Gasteiger partial charge in [-0.05, 0) is 12.8 Å². The molecule has 0 aromatic carbocycles. The van der Waals surface area contributed by atoms with Gasteiger partial charge < -0.3 is 37.6 Å². The van der Waals surface area contributed by atoms with Crippen LogP contribution in [0, 0.1) is 5.92 Å². The molecule has 0 aliphatic carbocycles. The van der Waals surface area contributed by atoms with Crippen LogP contribution in [-0.2, 0) is 24.0 Å². The van der Waals surface area contributed by atoms with Gasteiger partial charge in [0, 0.05) is 0 Å². The summed E-state index contributed by atoms with van der Waals surface area (Å²) in [6.07, 6.45) is -1.37. The van der Waals surface area contributed by atoms with E-state index in [2.05, 4.69) is 10.6 Å². The van der Waals surface area contributed by atoms with Crippen molar-refractivity contribution in [2.45, 2.75) is 57.8 Å². The van der Waals surface area contributed by atoms with Crippen molar-refractivity contribution in [1.82, 2.24) is 16.0 Å². The van der Waals surface area contributed by atoms with Crippen molar-refractivity contribution in [2.24, 2.45) is 17.4 Å². The minimum atomic E-state index is -1.65. The van der Waals surface area contributed by atoms with Crippen molar-refractivity contribution in [3.8, 4) is 0 Å². The number of carbonyl (C=O) groups excluding carboxylic acids is 4. The van der Waals surface area contributed by atoms with Gasteiger partial charge in [0.15, 0.2) is 6.04 Å². The number of carboxylic acids is 1. The summed E-state index contributed by atoms with van der Waals surface area (Å²) in [5.74, 6) is -4.92. The molecular weight excluding hydrogens is 374 g/mol. The fourth-order valence-corrected chi connectivity index (χ4v) is 2.10. The molecule has 9 N–H and O–H groups in total. The van der Waals surface area contributed by atoms with E-state index < -0.39 is 66.8 Å². The predicted molar refractivity (Wildman–Crippen MR) is 97.4 cm³/mol. The molecule has 0 rings (SSSR count). The molecule has 0 radical (unpaired) electrons. The number of hydrogen-bond donors (Lipinski definition) is 7. The zero-order valence-electron chi connectivity index (χ0n) is 16.1. The minimum absolute atomic E-state index is 0.107. The van der Waals surface area contributed by atoms with Gasteiger partial charge in [-0.15, -0.1) is 0 Å². The molecule has 0 spiro atoms. The topological polar surface area (TPSA) is 214 Å². The number of carboxylic acid groups (broad SMARTS) is 1. The zero-order chi connectivity index (χ0) is 22.0. The van der Waals surface area contributed by atoms with Gasteiger partial charge in [-0.3, -0.25) is 19.2 Å². The second-order valence-corrected chi connectivity index (χ2v) is 6.48. The van der Waals surface area contributed by atoms with Gasteiger partial charge in [0.05, 0.1) is 25.1 Å². The summed E-state index contributed by atoms with van der Waals surface area (Å²) in [7, 11) is 0. The van der Waals surface area contributed by atoms with Crippen molar-refractivity contribution in [1.29, 1.82) is 0 Å². The molecule has 0 saturated heterocycles. The van der Waals surface area contributed by atoms with Crippen molar-refractivity contribution in [3.05, 3.63) is 0 Å². The first kappa shape index (κ1) is 25.3. The average Bonchev–Trinajstić information content (AvgIpc) is 2.60. The first-order chi connectivity index (χ1) is 12.9. The number of aliphatic hydroxyl groups excluding tert-OH is 1. The van der Waals surface area contributed by atoms with E-state index in [-0.39, 0.29) is 5.92 Å². The van der Waals surface area contributed by atoms with E-state index in [0.717, 1.165) is 6.92 Å². The number of nitrogens with one attached hydrogen (secondary N) is 3. The molecule has 0 heterocycles. The van der Waals surface area contributed by atoms with Gasteiger partial charge in [0.25, 0.3) is 0 Å². The Kier molecular flexibility index (Phi) is 10.7. The van der Waals surface area contributed by atoms with Gasteiger partial charge in [0.2, 0.25) is 23.6 Å². The molecule has 28 heavy (non-hydrogen) atoms. The standard InChI is InChI=1S/C16H29N5O7/c1-4-7(2)12(18)15(26)19-6-11(24)20-9(5-10(17)23)14(25)21-13(8(3)22)16(27)28/h7-9,12-13,22H,4-6,18H2,1-3H3,(H2,17,23)(H,19,26)(H,20,24)(H,21,25)(H,27,28). The molecule has 12 nitrogen and oxygen atoms in total. The number of primary amides is 1. The van der Waals surface area contributed by atoms with Crippen LogP contribution in [0.2, 0.25) is 0 Å². The molecule has 0 aromatic heterocycles. The second kappa shape index (κ2) is 11.9. The number of aliphatic carboxylic acids is 1. The second-order valence-electron chi connectivity index (χ2n) is 6.48. The average molecular weight is 403 g/mol. The monoisotopic (exact) mass is 403 g/mol. The van der Waals surface area contributed by atoms with E-state index >= 15 is 0 Å². The largest absolute Gasteiger partial charge is 0.480 e. The number of rotatable bonds is 12. The molecule has 0 aliphatic heterocycles. The Labute approximate surface area is 162 Å². The van der Waals surface area contributed by atoms with Crippen molar-refractivity contribution < 1.29 is 34.2 Å². The van der Waals surface area contributed by atoms with E-state index in [1.165, 1.54) is 0 Å². The summed E-state index contributed by atoms with van der Waals surface area (Å²) in [5, 5.41) is 24.9. The van der Waals surface area contributed by atoms with E-state index in [9.17, 15) is 29.1 Å². The highest BCUT2D eigenvalue weighted by molar-refractivity contribution is 5.95. The normalized spacial score (nSPS) is 16.0. The molecule has 0 aliphatic rings. The van der Waals surface area contributed by atoms with Gasteiger partial charge >= 0.3 is 5.97 Å². The molecule has 5 unspecified atom stereocenters. The Bertz CT molecular complexity index is 596. The molecule has 0 fully saturated rings. The van der Waals surface area contributed by atoms with Crippen molar-refractivity contribution in [3.63, 3.8) is 0 Å². The molecule has 0 bridgehead atoms. The highest BCUT2D eigenvalue weighted by Gasteiger charge is 2.30. The SMILES string of the molecule is CCC(C)C(N)C(=O)NCC(=O)NC(CC(N)=O)C(=O)NC(C(=O)O)C(C)O. The number of carbonyl (C=O) groups is 5. The minimum Gasteiger partial charge on any atom is -0.480 e. The Balaban J connectivity index is 4.92. The predicted octanol–water partition coefficient (Wildman–Crippen LogP) is -3.21. The van der Waals surface area contributed by atoms with Crippen molar-refractivity contribution in [2.75, 3.05) is 6.54 Å². The summed E-state index contributed by atoms with van der Waals surface area (Å²) >= 11 is 0. The van der Waals surface area contributed by atoms with Crippen LogP contribution < -0.4 is 27.4 Å². The summed E-state index contributed by atoms with van der Waals surface area (Å²) in [5.41, 5.74) is 10.8. The Morgan fingerprint density at radius 3 is 2.04 bits per heavy atom. The third kappa shape index (κ3) is 8.77. The lowest BCUT2D eigenvalue weighted by Crippen LogP contribution is -2.56. The summed E-state index contributed by atoms with van der Waals surface area (Å²) in [4.78, 5) is 58.3. The smallest absolute Gasteiger partial charge is 0.328 e. The first-order valence-electron chi connectivity index (χ1n) is 8.72. The third-order valence-electron chi connectivity index (χ3n) is 4.09. The number of aliphatic hydroxyl groups is 1. The van der Waals surface area contributed by atoms with E-state index in [0.29, 0.717) is 6.42 Å². The van der Waals surface area contributed by atoms with E-state index in [1.54, 1.807) is 6.92 Å². The highest BCUT2D eigenvalue weighted by atomic mass is 16.4. The summed E-state index contributed by atoms with van der Waals surface area (Å²) in [6, 6.07) is -3.94. The van der Waals surface area contributed by atoms with Crippen LogP contribution in [0.5, 0.6) is 0 Å². The van der Waals surface area contributed by atoms with Gasteiger partial charge in [0.1, 0.15) is 6.04 Å². The van der Waals surface area contributed by atoms with Gasteiger partial charge in [-0.25, -0.2) is 4.79 Å². The van der Waals surface area contributed by atoms with Gasteiger partial charge in [-0.1, -0.05) is 20.3 Å². The molecule has 0 saturated carbocycles. The van der Waals surface area contributed by atoms with E-state index in [4.69, 9.17) is 16.6 Å². The van der Waals surface area contributed by atoms with E-state index in [1.807, 2.05) is 12.2 Å². The van der Waals surface area contributed by atoms with Crippen LogP contribution in [0.1, 0.15) is 33.6 Å². The van der Waals surface area contributed by atoms with Crippen LogP contribution in [0.4, 0.5) is 0 Å². The lowest BCUT2D eigenvalue weighted by atomic mass is 9.99. The quantitative estimate of drug-likeness (QED) is 0.175. The Hall–Kier alpha value is -2.73. The van der Waals surface area contributed by atoms with Gasteiger partial charge in [-0.2, -0.15) is 0 Å². The lowest BCUT2D eigenvalue weighted by molar-refractivity contribution is -0.145. The van der Waals surface area contributed by atoms with Crippen LogP contribution in [0.15, 0.2) is 0 Å². The molecule has 4 amide bonds. The first-order valence-corrected chi connectivity index (χ1v) is 8.72. The summed E-state index contributed by atoms with van der Waals surface area (Å²) in [6.45, 7) is 4.27. The number of nitrogens with two attached hydrogens (primary N) is 2. The molecule has 12 heteroatoms. The lowest BCUT2D eigenvalue weighted by Gasteiger charge is -2.22. The number of amides is 4. The fourth-order valence-electron chi connectivity index (χ4n) is 2.10. The van der Waals surface area contributed by atoms with Crippen LogP contribution in [0.3, 0.4) is 0 Å². The maximum Gasteiger partial charge on any atom is 0.328 e. The molecule has 0 aromatic rings. The molecule has 5 atom stereocenters. The van der Waals surface area contributed by atoms with Crippen LogP contribution >= 0.6 is 0 Å². The maximum absolute atomic E-state index is 12.2. The highest BCUT2D eigenvalue weighted by Crippen LogP contribution is 2.04. The summed E-state index contributed by atoms with van der Waals surface area (Å²) < 4.78 is 0. The third-order valence-corrected chi connectivity index (χ3v) is 4.09. The van der Waals surface area contributed by atoms with Crippen molar-refractivity contribution >= 4 is 29.6 Å². The molecular formula is C16H29N5O7. The molecule has 160 valence electrons. The number of hydrogen-bond acceptors (Lipinski definition) is 7. The Morgan fingerprint density at radius 1 is 1.04 bits per heavy atom. The maximum atomic E-state index is 12.2.